The van der Waals surface area contributed by atoms with E-state index in [0.29, 0.717) is 11.7 Å². The molecule has 0 spiro atoms. The normalized spacial score (nSPS) is 12.1. The number of sulfonamides is 1. The van der Waals surface area contributed by atoms with E-state index in [-0.39, 0.29) is 6.54 Å². The minimum Gasteiger partial charge on any atom is -0.444 e. The average Bonchev–Trinajstić information content (AvgIpc) is 2.75. The third-order valence-corrected chi connectivity index (χ3v) is 3.78. The van der Waals surface area contributed by atoms with Crippen molar-refractivity contribution in [1.82, 2.24) is 9.71 Å². The molecule has 0 saturated heterocycles. The zero-order valence-electron chi connectivity index (χ0n) is 11.3. The molecule has 0 saturated carbocycles. The summed E-state index contributed by atoms with van der Waals surface area (Å²) in [5, 5.41) is 1.13. The van der Waals surface area contributed by atoms with Crippen LogP contribution in [0.5, 0.6) is 0 Å². The van der Waals surface area contributed by atoms with Gasteiger partial charge in [0.1, 0.15) is 5.76 Å². The van der Waals surface area contributed by atoms with E-state index in [2.05, 4.69) is 9.71 Å². The van der Waals surface area contributed by atoms with E-state index < -0.39 is 10.0 Å². The van der Waals surface area contributed by atoms with Gasteiger partial charge in [0.2, 0.25) is 15.9 Å². The molecule has 0 aliphatic rings. The number of benzene rings is 1. The van der Waals surface area contributed by atoms with Gasteiger partial charge in [-0.1, -0.05) is 30.3 Å². The van der Waals surface area contributed by atoms with Crippen molar-refractivity contribution in [2.24, 2.45) is 0 Å². The van der Waals surface area contributed by atoms with Gasteiger partial charge in [-0.05, 0) is 25.5 Å². The third kappa shape index (κ3) is 4.04. The number of hydrogen-bond donors (Lipinski definition) is 1. The van der Waals surface area contributed by atoms with Gasteiger partial charge in [-0.2, -0.15) is 0 Å². The molecule has 1 aromatic heterocycles. The van der Waals surface area contributed by atoms with Crippen LogP contribution >= 0.6 is 0 Å². The van der Waals surface area contributed by atoms with Crippen LogP contribution in [0.15, 0.2) is 40.2 Å². The summed E-state index contributed by atoms with van der Waals surface area (Å²) in [6.07, 6.45) is 1.54. The second-order valence-corrected chi connectivity index (χ2v) is 5.98. The van der Waals surface area contributed by atoms with Crippen molar-refractivity contribution < 1.29 is 12.8 Å². The van der Waals surface area contributed by atoms with Crippen molar-refractivity contribution in [3.63, 3.8) is 0 Å². The zero-order valence-corrected chi connectivity index (χ0v) is 12.1. The second-order valence-electron chi connectivity index (χ2n) is 4.33. The third-order valence-electron chi connectivity index (χ3n) is 2.74. The molecule has 20 heavy (non-hydrogen) atoms. The van der Waals surface area contributed by atoms with Gasteiger partial charge >= 0.3 is 0 Å². The fourth-order valence-corrected chi connectivity index (χ4v) is 2.31. The van der Waals surface area contributed by atoms with Crippen LogP contribution in [0.25, 0.3) is 6.08 Å². The molecule has 0 radical (unpaired) electrons. The minimum absolute atomic E-state index is 0.0378. The zero-order chi connectivity index (χ0) is 14.6. The van der Waals surface area contributed by atoms with Gasteiger partial charge in [0.15, 0.2) is 0 Å². The van der Waals surface area contributed by atoms with Gasteiger partial charge in [0.05, 0.1) is 12.2 Å². The lowest BCUT2D eigenvalue weighted by atomic mass is 10.2. The number of rotatable bonds is 5. The first-order valence-corrected chi connectivity index (χ1v) is 7.66. The van der Waals surface area contributed by atoms with Gasteiger partial charge in [-0.15, -0.1) is 0 Å². The predicted octanol–water partition coefficient (Wildman–Crippen LogP) is 2.38. The maximum atomic E-state index is 11.8. The van der Waals surface area contributed by atoms with Crippen LogP contribution in [-0.4, -0.2) is 13.4 Å². The highest BCUT2D eigenvalue weighted by Crippen LogP contribution is 2.08. The molecule has 0 unspecified atom stereocenters. The fraction of sp³-hybridized carbons (Fsp3) is 0.214. The summed E-state index contributed by atoms with van der Waals surface area (Å²) in [5.74, 6) is 1.05. The molecule has 0 atom stereocenters. The Balaban J connectivity index is 1.99. The van der Waals surface area contributed by atoms with E-state index >= 15 is 0 Å². The van der Waals surface area contributed by atoms with Crippen LogP contribution in [0.3, 0.4) is 0 Å². The Kier molecular flexibility index (Phi) is 4.36. The van der Waals surface area contributed by atoms with E-state index in [0.717, 1.165) is 16.7 Å². The monoisotopic (exact) mass is 292 g/mol. The molecule has 0 bridgehead atoms. The number of nitrogens with one attached hydrogen (secondary N) is 1. The maximum Gasteiger partial charge on any atom is 0.234 e. The van der Waals surface area contributed by atoms with Gasteiger partial charge < -0.3 is 4.42 Å². The minimum atomic E-state index is -3.51. The first-order chi connectivity index (χ1) is 9.46. The number of aromatic nitrogens is 1. The first-order valence-electron chi connectivity index (χ1n) is 6.12. The summed E-state index contributed by atoms with van der Waals surface area (Å²) in [7, 11) is -3.51. The SMILES string of the molecule is Cc1nc(CNS(=O)(=O)/C=C/c2ccccc2)oc1C. The highest BCUT2D eigenvalue weighted by Gasteiger charge is 2.09. The van der Waals surface area contributed by atoms with Crippen molar-refractivity contribution in [1.29, 1.82) is 0 Å². The fourth-order valence-electron chi connectivity index (χ4n) is 1.56. The molecule has 0 aliphatic carbocycles. The lowest BCUT2D eigenvalue weighted by molar-refractivity contribution is 0.463. The Morgan fingerprint density at radius 1 is 1.25 bits per heavy atom. The number of hydrogen-bond acceptors (Lipinski definition) is 4. The number of nitrogens with zero attached hydrogens (tertiary/aromatic N) is 1. The molecule has 0 fully saturated rings. The maximum absolute atomic E-state index is 11.8. The molecule has 2 rings (SSSR count). The van der Waals surface area contributed by atoms with Crippen LogP contribution in [0.2, 0.25) is 0 Å². The Hall–Kier alpha value is -1.92. The van der Waals surface area contributed by atoms with Gasteiger partial charge in [0, 0.05) is 5.41 Å². The molecule has 2 aromatic rings. The van der Waals surface area contributed by atoms with E-state index in [1.54, 1.807) is 6.92 Å². The lowest BCUT2D eigenvalue weighted by Crippen LogP contribution is -2.20. The highest BCUT2D eigenvalue weighted by molar-refractivity contribution is 7.92. The molecule has 1 heterocycles. The van der Waals surface area contributed by atoms with Crippen LogP contribution < -0.4 is 4.72 Å². The smallest absolute Gasteiger partial charge is 0.234 e. The summed E-state index contributed by atoms with van der Waals surface area (Å²) < 4.78 is 31.3. The first kappa shape index (κ1) is 14.5. The Labute approximate surface area is 118 Å². The second kappa shape index (κ2) is 6.02. The van der Waals surface area contributed by atoms with Crippen LogP contribution in [-0.2, 0) is 16.6 Å². The predicted molar refractivity (Wildman–Crippen MR) is 77.2 cm³/mol. The molecular formula is C14H16N2O3S. The Morgan fingerprint density at radius 3 is 2.55 bits per heavy atom. The van der Waals surface area contributed by atoms with Crippen LogP contribution in [0.4, 0.5) is 0 Å². The van der Waals surface area contributed by atoms with Crippen molar-refractivity contribution in [3.05, 3.63) is 58.6 Å². The van der Waals surface area contributed by atoms with Crippen molar-refractivity contribution in [2.45, 2.75) is 20.4 Å². The molecule has 1 aromatic carbocycles. The highest BCUT2D eigenvalue weighted by atomic mass is 32.2. The standard InChI is InChI=1S/C14H16N2O3S/c1-11-12(2)19-14(16-11)10-15-20(17,18)9-8-13-6-4-3-5-7-13/h3-9,15H,10H2,1-2H3/b9-8+. The van der Waals surface area contributed by atoms with Crippen molar-refractivity contribution in [3.8, 4) is 0 Å². The van der Waals surface area contributed by atoms with E-state index in [1.807, 2.05) is 37.3 Å². The Morgan fingerprint density at radius 2 is 1.95 bits per heavy atom. The largest absolute Gasteiger partial charge is 0.444 e. The lowest BCUT2D eigenvalue weighted by Gasteiger charge is -1.99. The average molecular weight is 292 g/mol. The van der Waals surface area contributed by atoms with E-state index in [9.17, 15) is 8.42 Å². The van der Waals surface area contributed by atoms with Crippen LogP contribution in [0, 0.1) is 13.8 Å². The molecular weight excluding hydrogens is 276 g/mol. The molecule has 5 nitrogen and oxygen atoms in total. The summed E-state index contributed by atoms with van der Waals surface area (Å²) in [5.41, 5.74) is 1.58. The van der Waals surface area contributed by atoms with Crippen molar-refractivity contribution >= 4 is 16.1 Å². The van der Waals surface area contributed by atoms with E-state index in [1.165, 1.54) is 6.08 Å². The molecule has 1 N–H and O–H groups in total. The van der Waals surface area contributed by atoms with E-state index in [4.69, 9.17) is 4.42 Å². The summed E-state index contributed by atoms with van der Waals surface area (Å²) in [6.45, 7) is 3.64. The van der Waals surface area contributed by atoms with Crippen molar-refractivity contribution in [2.75, 3.05) is 0 Å². The summed E-state index contributed by atoms with van der Waals surface area (Å²) in [4.78, 5) is 4.11. The molecule has 6 heteroatoms. The number of oxazole rings is 1. The topological polar surface area (TPSA) is 72.2 Å². The van der Waals surface area contributed by atoms with Gasteiger partial charge in [-0.3, -0.25) is 0 Å². The number of aryl methyl sites for hydroxylation is 2. The molecule has 106 valence electrons. The Bertz CT molecular complexity index is 684. The molecule has 0 aliphatic heterocycles. The van der Waals surface area contributed by atoms with Gasteiger partial charge in [0.25, 0.3) is 0 Å². The molecule has 0 amide bonds. The van der Waals surface area contributed by atoms with Crippen LogP contribution in [0.1, 0.15) is 22.9 Å². The summed E-state index contributed by atoms with van der Waals surface area (Å²) >= 11 is 0. The van der Waals surface area contributed by atoms with Gasteiger partial charge in [-0.25, -0.2) is 18.1 Å². The summed E-state index contributed by atoms with van der Waals surface area (Å²) in [6, 6.07) is 9.22. The quantitative estimate of drug-likeness (QED) is 0.918.